The molecular formula is C46H46F3N11O11. The molecule has 5 aromatic rings. The van der Waals surface area contributed by atoms with E-state index in [-0.39, 0.29) is 117 Å². The van der Waals surface area contributed by atoms with Crippen LogP contribution in [0.3, 0.4) is 0 Å². The number of imide groups is 2. The van der Waals surface area contributed by atoms with Gasteiger partial charge in [0.05, 0.1) is 49.4 Å². The van der Waals surface area contributed by atoms with Gasteiger partial charge < -0.3 is 39.8 Å². The van der Waals surface area contributed by atoms with Gasteiger partial charge in [0.25, 0.3) is 17.7 Å². The maximum atomic E-state index is 13.5. The van der Waals surface area contributed by atoms with Crippen molar-refractivity contribution in [3.63, 3.8) is 0 Å². The van der Waals surface area contributed by atoms with Gasteiger partial charge in [0.1, 0.15) is 30.4 Å². The first-order chi connectivity index (χ1) is 34.2. The molecule has 0 radical (unpaired) electrons. The molecule has 22 nitrogen and oxygen atoms in total. The van der Waals surface area contributed by atoms with Gasteiger partial charge in [-0.2, -0.15) is 13.2 Å². The highest BCUT2D eigenvalue weighted by molar-refractivity contribution is 6.25. The number of hydrogen-bond donors (Lipinski definition) is 5. The number of aliphatic hydroxyl groups is 1. The minimum atomic E-state index is -4.47. The summed E-state index contributed by atoms with van der Waals surface area (Å²) in [7, 11) is 0. The number of nitrogens with zero attached hydrogens (tertiary/aromatic N) is 7. The second kappa shape index (κ2) is 21.7. The molecule has 25 heteroatoms. The molecule has 6 heterocycles. The lowest BCUT2D eigenvalue weighted by Gasteiger charge is -2.27. The largest absolute Gasteiger partial charge is 0.444 e. The van der Waals surface area contributed by atoms with E-state index in [1.807, 2.05) is 0 Å². The SMILES string of the molecule is O=C1CCC(N2C(=O)c3cccc(NCCOCCOCCCC(=O)c4ccc(-n5cc(NC(=O)c6coc(-c7ccnc(NCC(F)(F)F)c7)n6)c(N6CCN(CCO)C6=O)n5)cc4)c3C2=O)C(=O)N1. The molecule has 5 N–H and O–H groups in total. The molecule has 0 bridgehead atoms. The van der Waals surface area contributed by atoms with E-state index in [0.29, 0.717) is 36.5 Å². The normalized spacial score (nSPS) is 15.9. The summed E-state index contributed by atoms with van der Waals surface area (Å²) < 4.78 is 56.4. The number of rotatable bonds is 22. The average molecular weight is 986 g/mol. The van der Waals surface area contributed by atoms with Crippen LogP contribution in [0.25, 0.3) is 17.1 Å². The number of Topliss-reactive ketones (excluding diaryl/α,β-unsaturated/α-hetero) is 1. The van der Waals surface area contributed by atoms with Crippen LogP contribution in [0, 0.1) is 0 Å². The third kappa shape index (κ3) is 11.5. The Morgan fingerprint density at radius 3 is 2.48 bits per heavy atom. The molecule has 3 aliphatic rings. The van der Waals surface area contributed by atoms with Crippen LogP contribution in [-0.4, -0.2) is 154 Å². The molecule has 1 unspecified atom stereocenters. The number of alkyl halides is 3. The van der Waals surface area contributed by atoms with Gasteiger partial charge in [-0.3, -0.25) is 43.9 Å². The Kier molecular flexibility index (Phi) is 15.1. The first-order valence-electron chi connectivity index (χ1n) is 22.4. The molecule has 0 saturated carbocycles. The van der Waals surface area contributed by atoms with Gasteiger partial charge >= 0.3 is 12.2 Å². The molecule has 0 spiro atoms. The van der Waals surface area contributed by atoms with E-state index in [4.69, 9.17) is 13.9 Å². The second-order valence-corrected chi connectivity index (χ2v) is 16.2. The molecule has 2 aromatic carbocycles. The summed E-state index contributed by atoms with van der Waals surface area (Å²) in [5.41, 5.74) is 1.84. The van der Waals surface area contributed by atoms with Crippen LogP contribution in [0.5, 0.6) is 0 Å². The third-order valence-electron chi connectivity index (χ3n) is 11.4. The van der Waals surface area contributed by atoms with Crippen LogP contribution < -0.4 is 26.2 Å². The quantitative estimate of drug-likeness (QED) is 0.0374. The van der Waals surface area contributed by atoms with Crippen molar-refractivity contribution in [3.8, 4) is 17.1 Å². The lowest BCUT2D eigenvalue weighted by molar-refractivity contribution is -0.136. The topological polar surface area (TPSA) is 273 Å². The highest BCUT2D eigenvalue weighted by Crippen LogP contribution is 2.33. The summed E-state index contributed by atoms with van der Waals surface area (Å²) in [5.74, 6) is -3.28. The predicted octanol–water partition coefficient (Wildman–Crippen LogP) is 3.89. The smallest absolute Gasteiger partial charge is 0.405 e. The van der Waals surface area contributed by atoms with Crippen molar-refractivity contribution < 1.29 is 65.7 Å². The van der Waals surface area contributed by atoms with Crippen LogP contribution in [-0.2, 0) is 19.1 Å². The summed E-state index contributed by atoms with van der Waals surface area (Å²) in [6.45, 7) is 0.353. The number of anilines is 4. The zero-order valence-electron chi connectivity index (χ0n) is 37.7. The molecule has 71 heavy (non-hydrogen) atoms. The van der Waals surface area contributed by atoms with Crippen LogP contribution in [0.4, 0.5) is 41.0 Å². The summed E-state index contributed by atoms with van der Waals surface area (Å²) in [6.07, 6.45) is 0.0352. The number of nitrogens with one attached hydrogen (secondary N) is 4. The number of pyridine rings is 1. The first kappa shape index (κ1) is 49.4. The number of urea groups is 1. The molecule has 2 fully saturated rings. The third-order valence-corrected chi connectivity index (χ3v) is 11.4. The fourth-order valence-corrected chi connectivity index (χ4v) is 7.96. The van der Waals surface area contributed by atoms with Crippen LogP contribution >= 0.6 is 0 Å². The maximum absolute atomic E-state index is 13.5. The predicted molar refractivity (Wildman–Crippen MR) is 244 cm³/mol. The number of aromatic nitrogens is 4. The van der Waals surface area contributed by atoms with Crippen molar-refractivity contribution in [2.24, 2.45) is 0 Å². The number of aliphatic hydroxyl groups excluding tert-OH is 1. The van der Waals surface area contributed by atoms with E-state index in [0.717, 1.165) is 11.2 Å². The van der Waals surface area contributed by atoms with Gasteiger partial charge in [0, 0.05) is 68.6 Å². The molecule has 1 atom stereocenters. The number of oxazole rings is 1. The van der Waals surface area contributed by atoms with Gasteiger partial charge in [-0.05, 0) is 61.4 Å². The number of hydrogen-bond acceptors (Lipinski definition) is 16. The minimum absolute atomic E-state index is 0.0220. The number of amides is 7. The lowest BCUT2D eigenvalue weighted by Crippen LogP contribution is -2.54. The van der Waals surface area contributed by atoms with Gasteiger partial charge in [-0.1, -0.05) is 6.07 Å². The molecule has 3 aromatic heterocycles. The summed E-state index contributed by atoms with van der Waals surface area (Å²) in [6, 6.07) is 12.6. The average Bonchev–Trinajstić information content (AvgIpc) is 4.15. The maximum Gasteiger partial charge on any atom is 0.405 e. The summed E-state index contributed by atoms with van der Waals surface area (Å²) >= 11 is 0. The fourth-order valence-electron chi connectivity index (χ4n) is 7.96. The first-order valence-corrected chi connectivity index (χ1v) is 22.4. The number of ether oxygens (including phenoxy) is 2. The van der Waals surface area contributed by atoms with E-state index in [1.165, 1.54) is 45.1 Å². The Labute approximate surface area is 401 Å². The van der Waals surface area contributed by atoms with E-state index >= 15 is 0 Å². The Hall–Kier alpha value is -8.03. The van der Waals surface area contributed by atoms with E-state index in [2.05, 4.69) is 36.3 Å². The number of fused-ring (bicyclic) bond motifs is 1. The van der Waals surface area contributed by atoms with E-state index in [9.17, 15) is 51.8 Å². The van der Waals surface area contributed by atoms with Gasteiger partial charge in [-0.15, -0.1) is 5.10 Å². The number of carbonyl (C=O) groups excluding carboxylic acids is 7. The zero-order chi connectivity index (χ0) is 50.2. The number of benzene rings is 2. The van der Waals surface area contributed by atoms with Crippen molar-refractivity contribution in [3.05, 3.63) is 95.6 Å². The van der Waals surface area contributed by atoms with Crippen molar-refractivity contribution >= 4 is 64.4 Å². The van der Waals surface area contributed by atoms with Gasteiger partial charge in [0.2, 0.25) is 17.7 Å². The molecule has 0 aliphatic carbocycles. The molecule has 7 amide bonds. The summed E-state index contributed by atoms with van der Waals surface area (Å²) in [5, 5.41) is 24.2. The highest BCUT2D eigenvalue weighted by atomic mass is 19.4. The minimum Gasteiger partial charge on any atom is -0.444 e. The van der Waals surface area contributed by atoms with Gasteiger partial charge in [-0.25, -0.2) is 19.4 Å². The number of β-amino-alcohol motifs (C(OH)–C–C–N with tert-alkyl or cyclic N) is 1. The molecule has 372 valence electrons. The number of carbonyl (C=O) groups is 7. The standard InChI is InChI=1S/C46H46F3N11O11/c47-46(48,49)26-52-36-23-28(12-13-51-36)42-54-33(25-71-42)40(64)53-32-24-59(56-39(32)58-16-15-57(17-18-61)45(58)68)29-8-6-27(7-9-29)35(62)5-2-19-69-21-22-70-20-14-50-31-4-1-3-30-38(31)44(67)60(43(30)66)34-10-11-37(63)55-41(34)65/h1,3-4,6-9,12-13,23-25,34,50,61H,2,5,10-11,14-22,26H2,(H,51,52)(H,53,64)(H,55,63,65). The van der Waals surface area contributed by atoms with Gasteiger partial charge in [0.15, 0.2) is 17.3 Å². The summed E-state index contributed by atoms with van der Waals surface area (Å²) in [4.78, 5) is 102. The van der Waals surface area contributed by atoms with Crippen LogP contribution in [0.15, 0.2) is 77.7 Å². The van der Waals surface area contributed by atoms with Crippen LogP contribution in [0.1, 0.15) is 67.2 Å². The van der Waals surface area contributed by atoms with Crippen molar-refractivity contribution in [2.45, 2.75) is 37.9 Å². The lowest BCUT2D eigenvalue weighted by atomic mass is 10.0. The zero-order valence-corrected chi connectivity index (χ0v) is 37.7. The Bertz CT molecular complexity index is 2830. The Balaban J connectivity index is 0.800. The van der Waals surface area contributed by atoms with Crippen LogP contribution in [0.2, 0.25) is 0 Å². The molecular weight excluding hydrogens is 940 g/mol. The Morgan fingerprint density at radius 1 is 0.930 bits per heavy atom. The van der Waals surface area contributed by atoms with Crippen molar-refractivity contribution in [1.82, 2.24) is 34.9 Å². The van der Waals surface area contributed by atoms with Crippen molar-refractivity contribution in [2.75, 3.05) is 86.6 Å². The second-order valence-electron chi connectivity index (χ2n) is 16.2. The monoisotopic (exact) mass is 985 g/mol. The number of halogens is 3. The fraction of sp³-hybridized carbons (Fsp3) is 0.348. The molecule has 3 aliphatic heterocycles. The molecule has 2 saturated heterocycles. The Morgan fingerprint density at radius 2 is 1.72 bits per heavy atom. The van der Waals surface area contributed by atoms with E-state index in [1.54, 1.807) is 36.4 Å². The highest BCUT2D eigenvalue weighted by Gasteiger charge is 2.45. The number of ketones is 1. The van der Waals surface area contributed by atoms with Crippen molar-refractivity contribution in [1.29, 1.82) is 0 Å². The molecule has 8 rings (SSSR count). The number of piperidine rings is 1. The van der Waals surface area contributed by atoms with E-state index < -0.39 is 54.3 Å².